The number of rotatable bonds is 11. The standard InChI is InChI=1S/C114H74N8/c1-67-68-35-3-5-37-70(68)101(71-38-6-4-36-69(67)71)116-103-76-43-11-13-45-78(76)105(79-46-14-12-44-77(79)103)118-107-84-51-19-21-53-86(84)109(87-54-22-20-52-85(87)107)120-111-92-59-27-29-61-94(92)113(95-62-30-28-60-93(95)111)122-114-98-65-33-31-63-96(98)112(97-64-32-34-66-99(97)114)121-110-90-57-25-23-55-88(90)108(89-56-24-26-58-91(89)110)119-106-82-49-17-15-47-80(82)104(81-48-16-18-50-83(81)106)117-102-74-41-9-7-39-72(74)100(115-2)73-40-8-10-42-75(73)102/h3-66,116,118,120,122H,1-2H3. The number of aryl methyl sites for hydroxylation is 1. The molecule has 0 saturated heterocycles. The molecular formula is C114H74N8. The highest BCUT2D eigenvalue weighted by atomic mass is 14.9. The molecule has 0 heterocycles. The summed E-state index contributed by atoms with van der Waals surface area (Å²) in [4.78, 5) is 22.6. The summed E-state index contributed by atoms with van der Waals surface area (Å²) in [6.07, 6.45) is 0. The molecule has 0 bridgehead atoms. The van der Waals surface area contributed by atoms with Gasteiger partial charge in [-0.3, -0.25) is 4.99 Å². The summed E-state index contributed by atoms with van der Waals surface area (Å²) in [6.45, 7) is 2.24. The van der Waals surface area contributed by atoms with Crippen LogP contribution in [0.25, 0.3) is 129 Å². The van der Waals surface area contributed by atoms with Crippen LogP contribution >= 0.6 is 0 Å². The van der Waals surface area contributed by atoms with Crippen molar-refractivity contribution in [3.63, 3.8) is 0 Å². The van der Waals surface area contributed by atoms with Gasteiger partial charge >= 0.3 is 0 Å². The Morgan fingerprint density at radius 3 is 0.443 bits per heavy atom. The monoisotopic (exact) mass is 1550 g/mol. The van der Waals surface area contributed by atoms with Crippen molar-refractivity contribution in [1.29, 1.82) is 0 Å². The molecule has 0 atom stereocenters. The molecule has 2 aliphatic carbocycles. The van der Waals surface area contributed by atoms with Crippen LogP contribution in [0.2, 0.25) is 0 Å². The average Bonchev–Trinajstić information content (AvgIpc) is 0.725. The van der Waals surface area contributed by atoms with Gasteiger partial charge in [-0.05, 0) is 23.3 Å². The van der Waals surface area contributed by atoms with E-state index in [4.69, 9.17) is 20.0 Å². The number of aliphatic imine (C=N–C) groups is 4. The minimum Gasteiger partial charge on any atom is -0.353 e. The number of anilines is 8. The van der Waals surface area contributed by atoms with Crippen LogP contribution in [0.5, 0.6) is 0 Å². The van der Waals surface area contributed by atoms with Gasteiger partial charge in [-0.1, -0.05) is 388 Å². The summed E-state index contributed by atoms with van der Waals surface area (Å²) in [5.74, 6) is 0. The highest BCUT2D eigenvalue weighted by Crippen LogP contribution is 2.54. The number of fused-ring (bicyclic) bond motifs is 16. The Morgan fingerprint density at radius 2 is 0.270 bits per heavy atom. The third-order valence-electron chi connectivity index (χ3n) is 25.4. The van der Waals surface area contributed by atoms with Crippen LogP contribution in [0, 0.1) is 6.92 Å². The molecule has 22 aromatic carbocycles. The van der Waals surface area contributed by atoms with Crippen molar-refractivity contribution in [3.8, 4) is 0 Å². The van der Waals surface area contributed by atoms with Crippen molar-refractivity contribution in [2.45, 2.75) is 6.92 Å². The molecule has 2 aliphatic rings. The Kier molecular flexibility index (Phi) is 16.3. The third kappa shape index (κ3) is 10.9. The van der Waals surface area contributed by atoms with Gasteiger partial charge in [0.25, 0.3) is 0 Å². The lowest BCUT2D eigenvalue weighted by molar-refractivity contribution is 1.37. The number of benzene rings is 22. The quantitative estimate of drug-likeness (QED) is 0.0766. The van der Waals surface area contributed by atoms with Gasteiger partial charge in [0.15, 0.2) is 0 Å². The van der Waals surface area contributed by atoms with Crippen LogP contribution in [-0.4, -0.2) is 29.9 Å². The Morgan fingerprint density at radius 1 is 0.148 bits per heavy atom. The molecule has 0 saturated carbocycles. The average molecular weight is 1560 g/mol. The molecule has 0 amide bonds. The van der Waals surface area contributed by atoms with Gasteiger partial charge in [0.1, 0.15) is 0 Å². The van der Waals surface area contributed by atoms with E-state index < -0.39 is 0 Å². The first-order valence-corrected chi connectivity index (χ1v) is 41.8. The maximum atomic E-state index is 6.03. The molecule has 570 valence electrons. The summed E-state index contributed by atoms with van der Waals surface area (Å²) >= 11 is 0. The predicted octanol–water partition coefficient (Wildman–Crippen LogP) is 30.4. The van der Waals surface area contributed by atoms with Crippen molar-refractivity contribution in [2.24, 2.45) is 20.0 Å². The number of nitrogens with zero attached hydrogens (tertiary/aromatic N) is 4. The largest absolute Gasteiger partial charge is 0.353 e. The minimum absolute atomic E-state index is 0.880. The molecule has 22 aromatic rings. The first-order chi connectivity index (χ1) is 60.5. The van der Waals surface area contributed by atoms with Crippen molar-refractivity contribution >= 4 is 215 Å². The van der Waals surface area contributed by atoms with Gasteiger partial charge in [-0.2, -0.15) is 0 Å². The lowest BCUT2D eigenvalue weighted by Gasteiger charge is -2.25. The van der Waals surface area contributed by atoms with Gasteiger partial charge < -0.3 is 21.3 Å². The van der Waals surface area contributed by atoms with E-state index in [0.29, 0.717) is 0 Å². The second-order valence-corrected chi connectivity index (χ2v) is 31.9. The lowest BCUT2D eigenvalue weighted by Crippen LogP contribution is -2.22. The molecule has 0 radical (unpaired) electrons. The summed E-state index contributed by atoms with van der Waals surface area (Å²) in [7, 11) is 1.88. The van der Waals surface area contributed by atoms with Crippen molar-refractivity contribution in [1.82, 2.24) is 0 Å². The zero-order chi connectivity index (χ0) is 80.6. The van der Waals surface area contributed by atoms with Crippen LogP contribution < -0.4 is 21.3 Å². The molecule has 4 N–H and O–H groups in total. The molecule has 0 fully saturated rings. The zero-order valence-electron chi connectivity index (χ0n) is 66.7. The van der Waals surface area contributed by atoms with E-state index in [2.05, 4.69) is 416 Å². The van der Waals surface area contributed by atoms with E-state index in [9.17, 15) is 0 Å². The normalized spacial score (nSPS) is 12.4. The fourth-order valence-corrected chi connectivity index (χ4v) is 20.0. The smallest absolute Gasteiger partial charge is 0.0795 e. The van der Waals surface area contributed by atoms with Crippen molar-refractivity contribution in [3.05, 3.63) is 438 Å². The molecule has 0 spiro atoms. The third-order valence-corrected chi connectivity index (χ3v) is 25.4. The van der Waals surface area contributed by atoms with E-state index >= 15 is 0 Å². The van der Waals surface area contributed by atoms with E-state index in [1.165, 1.54) is 27.1 Å². The van der Waals surface area contributed by atoms with Crippen LogP contribution in [0.3, 0.4) is 0 Å². The molecule has 0 unspecified atom stereocenters. The molecule has 122 heavy (non-hydrogen) atoms. The van der Waals surface area contributed by atoms with Crippen LogP contribution in [0.4, 0.5) is 62.6 Å². The van der Waals surface area contributed by atoms with Gasteiger partial charge in [0.2, 0.25) is 0 Å². The Hall–Kier alpha value is -16.2. The van der Waals surface area contributed by atoms with E-state index in [1.54, 1.807) is 0 Å². The Bertz CT molecular complexity index is 7990. The summed E-state index contributed by atoms with van der Waals surface area (Å²) in [5, 5.41) is 43.1. The van der Waals surface area contributed by atoms with Crippen molar-refractivity contribution < 1.29 is 0 Å². The fourth-order valence-electron chi connectivity index (χ4n) is 20.0. The van der Waals surface area contributed by atoms with Crippen LogP contribution in [0.15, 0.2) is 408 Å². The van der Waals surface area contributed by atoms with E-state index in [1.807, 2.05) is 7.05 Å². The number of hydrogen-bond acceptors (Lipinski definition) is 8. The fraction of sp³-hybridized carbons (Fsp3) is 0.0175. The Labute approximate surface area is 703 Å². The van der Waals surface area contributed by atoms with E-state index in [0.717, 1.165) is 238 Å². The molecule has 8 heteroatoms. The molecule has 0 aromatic heterocycles. The molecule has 0 aliphatic heterocycles. The predicted molar refractivity (Wildman–Crippen MR) is 520 cm³/mol. The first-order valence-electron chi connectivity index (χ1n) is 41.8. The topological polar surface area (TPSA) is 97.6 Å². The SMILES string of the molecule is CN=C1c2ccccc2C(=Nc2c3ccccc3c(N=C3c4ccccc4C(=Nc4c5ccccc5c(Nc5c6ccccc6c(Nc6c7ccccc7c(Nc7c8ccccc8c(Nc8c9ccccc9c(C)c9ccccc89)c8ccccc78)c7ccccc67)c6ccccc56)c5ccccc45)c4ccccc43)c3ccccc23)c2ccccc21. The maximum Gasteiger partial charge on any atom is 0.0795 e. The molecule has 24 rings (SSSR count). The zero-order valence-corrected chi connectivity index (χ0v) is 66.7. The van der Waals surface area contributed by atoms with E-state index in [-0.39, 0.29) is 0 Å². The van der Waals surface area contributed by atoms with Crippen LogP contribution in [-0.2, 0) is 0 Å². The Balaban J connectivity index is 0.621. The second kappa shape index (κ2) is 28.3. The molecule has 8 nitrogen and oxygen atoms in total. The van der Waals surface area contributed by atoms with Gasteiger partial charge in [-0.25, -0.2) is 15.0 Å². The van der Waals surface area contributed by atoms with Crippen molar-refractivity contribution in [2.75, 3.05) is 28.3 Å². The maximum absolute atomic E-state index is 6.03. The number of hydrogen-bond donors (Lipinski definition) is 4. The summed E-state index contributed by atoms with van der Waals surface area (Å²) in [6, 6.07) is 140. The minimum atomic E-state index is 0.880. The van der Waals surface area contributed by atoms with Crippen LogP contribution in [0.1, 0.15) is 50.1 Å². The summed E-state index contributed by atoms with van der Waals surface area (Å²) in [5.41, 5.74) is 24.2. The first kappa shape index (κ1) is 70.1. The summed E-state index contributed by atoms with van der Waals surface area (Å²) < 4.78 is 0. The van der Waals surface area contributed by atoms with Gasteiger partial charge in [0.05, 0.1) is 85.4 Å². The highest BCUT2D eigenvalue weighted by molar-refractivity contribution is 6.37. The van der Waals surface area contributed by atoms with Gasteiger partial charge in [-0.15, -0.1) is 0 Å². The highest BCUT2D eigenvalue weighted by Gasteiger charge is 2.32. The second-order valence-electron chi connectivity index (χ2n) is 31.9. The van der Waals surface area contributed by atoms with Gasteiger partial charge in [0, 0.05) is 170 Å². The lowest BCUT2D eigenvalue weighted by atomic mass is 9.82. The molecular weight excluding hydrogens is 1480 g/mol. The number of nitrogens with one attached hydrogen (secondary N) is 4.